The molecule has 4 heterocycles. The first-order chi connectivity index (χ1) is 14.2. The van der Waals surface area contributed by atoms with Crippen LogP contribution >= 0.6 is 22.7 Å². The van der Waals surface area contributed by atoms with Crippen molar-refractivity contribution in [1.29, 1.82) is 0 Å². The van der Waals surface area contributed by atoms with Crippen molar-refractivity contribution in [2.75, 3.05) is 32.8 Å². The van der Waals surface area contributed by atoms with Crippen LogP contribution in [-0.4, -0.2) is 53.0 Å². The molecule has 0 spiro atoms. The molecule has 5 rings (SSSR count). The van der Waals surface area contributed by atoms with Crippen LogP contribution in [0.1, 0.15) is 21.3 Å². The lowest BCUT2D eigenvalue weighted by Gasteiger charge is -2.34. The molecule has 0 aliphatic carbocycles. The number of halogens is 1. The van der Waals surface area contributed by atoms with E-state index in [9.17, 15) is 9.18 Å². The van der Waals surface area contributed by atoms with Crippen LogP contribution in [0.15, 0.2) is 41.9 Å². The number of fused-ring (bicyclic) bond motifs is 3. The number of aromatic nitrogens is 2. The van der Waals surface area contributed by atoms with Gasteiger partial charge in [-0.3, -0.25) is 14.1 Å². The predicted octanol–water partition coefficient (Wildman–Crippen LogP) is 3.55. The van der Waals surface area contributed by atoms with E-state index in [1.807, 2.05) is 22.0 Å². The van der Waals surface area contributed by atoms with Gasteiger partial charge >= 0.3 is 0 Å². The number of hydrogen-bond donors (Lipinski definition) is 1. The predicted molar refractivity (Wildman–Crippen MR) is 112 cm³/mol. The minimum atomic E-state index is -0.263. The number of thiophene rings is 1. The molecule has 1 N–H and O–H groups in total. The maximum atomic E-state index is 13.4. The highest BCUT2D eigenvalue weighted by Gasteiger charge is 2.24. The Bertz CT molecular complexity index is 1140. The zero-order chi connectivity index (χ0) is 19.8. The average Bonchev–Trinajstić information content (AvgIpc) is 3.42. The minimum absolute atomic E-state index is 0.0298. The summed E-state index contributed by atoms with van der Waals surface area (Å²) >= 11 is 2.98. The second-order valence-electron chi connectivity index (χ2n) is 6.89. The molecule has 3 aromatic heterocycles. The minimum Gasteiger partial charge on any atom is -0.379 e. The Hall–Kier alpha value is -2.33. The molecule has 9 heteroatoms. The standard InChI is InChI=1S/C20H19FN4O2S2/c21-14-3-1-13(2-4-14)16(24-5-8-27-9-6-24)12-22-18(26)17-11-15-19(29-17)23-20-25(15)7-10-28-20/h1-4,7,10-11,16H,5-6,8-9,12H2,(H,22,26)/t16-/m1/s1. The molecule has 4 aromatic rings. The second-order valence-corrected chi connectivity index (χ2v) is 8.80. The molecule has 1 amide bonds. The summed E-state index contributed by atoms with van der Waals surface area (Å²) in [5, 5.41) is 5.04. The molecule has 1 saturated heterocycles. The number of imidazole rings is 1. The van der Waals surface area contributed by atoms with Crippen molar-refractivity contribution in [2.45, 2.75) is 6.04 Å². The summed E-state index contributed by atoms with van der Waals surface area (Å²) in [6.45, 7) is 3.32. The van der Waals surface area contributed by atoms with Gasteiger partial charge in [0.15, 0.2) is 4.96 Å². The number of benzene rings is 1. The Morgan fingerprint density at radius 3 is 2.86 bits per heavy atom. The number of ether oxygens (including phenoxy) is 1. The first-order valence-corrected chi connectivity index (χ1v) is 11.1. The number of morpholine rings is 1. The third-order valence-corrected chi connectivity index (χ3v) is 6.93. The molecule has 150 valence electrons. The molecule has 6 nitrogen and oxygen atoms in total. The van der Waals surface area contributed by atoms with Crippen molar-refractivity contribution < 1.29 is 13.9 Å². The van der Waals surface area contributed by atoms with Crippen LogP contribution in [-0.2, 0) is 4.74 Å². The van der Waals surface area contributed by atoms with Gasteiger partial charge in [-0.15, -0.1) is 22.7 Å². The fourth-order valence-corrected chi connectivity index (χ4v) is 5.38. The summed E-state index contributed by atoms with van der Waals surface area (Å²) in [6.07, 6.45) is 1.97. The van der Waals surface area contributed by atoms with Gasteiger partial charge in [0.05, 0.1) is 29.6 Å². The molecule has 1 atom stereocenters. The van der Waals surface area contributed by atoms with Gasteiger partial charge in [0.1, 0.15) is 10.6 Å². The van der Waals surface area contributed by atoms with Gasteiger partial charge in [-0.2, -0.15) is 0 Å². The Kier molecular flexibility index (Phi) is 5.04. The third-order valence-electron chi connectivity index (χ3n) is 5.16. The zero-order valence-electron chi connectivity index (χ0n) is 15.5. The molecule has 0 radical (unpaired) electrons. The average molecular weight is 431 g/mol. The molecule has 1 aliphatic rings. The lowest BCUT2D eigenvalue weighted by atomic mass is 10.0. The van der Waals surface area contributed by atoms with Crippen LogP contribution in [0.25, 0.3) is 15.3 Å². The summed E-state index contributed by atoms with van der Waals surface area (Å²) in [7, 11) is 0. The van der Waals surface area contributed by atoms with Gasteiger partial charge < -0.3 is 10.1 Å². The Morgan fingerprint density at radius 2 is 2.07 bits per heavy atom. The van der Waals surface area contributed by atoms with E-state index >= 15 is 0 Å². The second kappa shape index (κ2) is 7.83. The summed E-state index contributed by atoms with van der Waals surface area (Å²) in [5.41, 5.74) is 1.94. The molecule has 0 unspecified atom stereocenters. The Balaban J connectivity index is 1.34. The summed E-state index contributed by atoms with van der Waals surface area (Å²) in [6, 6.07) is 8.36. The molecular weight excluding hydrogens is 411 g/mol. The Morgan fingerprint density at radius 1 is 1.28 bits per heavy atom. The van der Waals surface area contributed by atoms with Crippen molar-refractivity contribution in [3.05, 3.63) is 58.2 Å². The fourth-order valence-electron chi connectivity index (χ4n) is 3.67. The molecule has 0 bridgehead atoms. The van der Waals surface area contributed by atoms with Crippen LogP contribution in [0.2, 0.25) is 0 Å². The maximum absolute atomic E-state index is 13.4. The Labute approximate surface area is 174 Å². The van der Waals surface area contributed by atoms with Crippen LogP contribution in [0, 0.1) is 5.82 Å². The van der Waals surface area contributed by atoms with Crippen molar-refractivity contribution >= 4 is 43.9 Å². The first-order valence-electron chi connectivity index (χ1n) is 9.39. The van der Waals surface area contributed by atoms with Gasteiger partial charge in [-0.25, -0.2) is 9.37 Å². The van der Waals surface area contributed by atoms with Crippen molar-refractivity contribution in [3.63, 3.8) is 0 Å². The maximum Gasteiger partial charge on any atom is 0.261 e. The van der Waals surface area contributed by atoms with E-state index in [1.54, 1.807) is 23.5 Å². The van der Waals surface area contributed by atoms with Crippen LogP contribution < -0.4 is 5.32 Å². The van der Waals surface area contributed by atoms with Crippen LogP contribution in [0.3, 0.4) is 0 Å². The molecule has 1 aliphatic heterocycles. The molecule has 29 heavy (non-hydrogen) atoms. The summed E-state index contributed by atoms with van der Waals surface area (Å²) < 4.78 is 20.8. The number of amides is 1. The van der Waals surface area contributed by atoms with E-state index in [0.29, 0.717) is 24.6 Å². The van der Waals surface area contributed by atoms with Gasteiger partial charge in [-0.1, -0.05) is 12.1 Å². The first kappa shape index (κ1) is 18.7. The van der Waals surface area contributed by atoms with Gasteiger partial charge in [-0.05, 0) is 23.8 Å². The van der Waals surface area contributed by atoms with E-state index in [-0.39, 0.29) is 17.8 Å². The largest absolute Gasteiger partial charge is 0.379 e. The third kappa shape index (κ3) is 3.66. The number of thiazole rings is 1. The van der Waals surface area contributed by atoms with Crippen LogP contribution in [0.4, 0.5) is 4.39 Å². The summed E-state index contributed by atoms with van der Waals surface area (Å²) in [5.74, 6) is -0.377. The highest BCUT2D eigenvalue weighted by molar-refractivity contribution is 7.21. The number of carbonyl (C=O) groups excluding carboxylic acids is 1. The van der Waals surface area contributed by atoms with Crippen molar-refractivity contribution in [2.24, 2.45) is 0 Å². The van der Waals surface area contributed by atoms with E-state index in [2.05, 4.69) is 15.2 Å². The quantitative estimate of drug-likeness (QED) is 0.526. The highest BCUT2D eigenvalue weighted by atomic mass is 32.1. The van der Waals surface area contributed by atoms with E-state index in [1.165, 1.54) is 23.5 Å². The number of rotatable bonds is 5. The van der Waals surface area contributed by atoms with Crippen molar-refractivity contribution in [3.8, 4) is 0 Å². The van der Waals surface area contributed by atoms with Gasteiger partial charge in [0.2, 0.25) is 0 Å². The van der Waals surface area contributed by atoms with Gasteiger partial charge in [0, 0.05) is 31.2 Å². The topological polar surface area (TPSA) is 58.9 Å². The lowest BCUT2D eigenvalue weighted by molar-refractivity contribution is 0.0162. The zero-order valence-corrected chi connectivity index (χ0v) is 17.1. The van der Waals surface area contributed by atoms with Gasteiger partial charge in [0.25, 0.3) is 5.91 Å². The molecule has 0 saturated carbocycles. The molecule has 1 aromatic carbocycles. The smallest absolute Gasteiger partial charge is 0.261 e. The highest BCUT2D eigenvalue weighted by Crippen LogP contribution is 2.28. The van der Waals surface area contributed by atoms with E-state index in [4.69, 9.17) is 4.74 Å². The number of nitrogens with zero attached hydrogens (tertiary/aromatic N) is 3. The van der Waals surface area contributed by atoms with Crippen molar-refractivity contribution in [1.82, 2.24) is 19.6 Å². The lowest BCUT2D eigenvalue weighted by Crippen LogP contribution is -2.43. The van der Waals surface area contributed by atoms with Crippen LogP contribution in [0.5, 0.6) is 0 Å². The fraction of sp³-hybridized carbons (Fsp3) is 0.300. The molecular formula is C20H19FN4O2S2. The summed E-state index contributed by atoms with van der Waals surface area (Å²) in [4.78, 5) is 22.1. The normalized spacial score (nSPS) is 16.4. The monoisotopic (exact) mass is 430 g/mol. The molecule has 1 fully saturated rings. The number of hydrogen-bond acceptors (Lipinski definition) is 6. The SMILES string of the molecule is O=C(NC[C@H](c1ccc(F)cc1)N1CCOCC1)c1cc2c(nc3sccn32)s1. The van der Waals surface area contributed by atoms with E-state index in [0.717, 1.165) is 34.0 Å². The van der Waals surface area contributed by atoms with E-state index < -0.39 is 0 Å². The number of carbonyl (C=O) groups is 1. The number of nitrogens with one attached hydrogen (secondary N) is 1.